The Morgan fingerprint density at radius 3 is 0.984 bits per heavy atom. The van der Waals surface area contributed by atoms with E-state index in [1.807, 2.05) is 0 Å². The van der Waals surface area contributed by atoms with E-state index in [1.165, 1.54) is 99.7 Å². The van der Waals surface area contributed by atoms with E-state index < -0.39 is 0 Å². The summed E-state index contributed by atoms with van der Waals surface area (Å²) >= 11 is 0. The van der Waals surface area contributed by atoms with Gasteiger partial charge in [-0.25, -0.2) is 0 Å². The summed E-state index contributed by atoms with van der Waals surface area (Å²) in [5.41, 5.74) is 22.9. The normalized spacial score (nSPS) is 14.2. The van der Waals surface area contributed by atoms with Gasteiger partial charge in [-0.05, 0) is 185 Å². The number of anilines is 6. The SMILES string of the molecule is CC1(C)c2ccccc2-c2ccc(N(c3ccccc3)c3ccc4cc5c(cc4c3)-c3cc4ccc(N(c6ccccc6)c6ccc7c(c6)C(C)(C)c6ccccc6-7)cc4cc3-5)cc21. The van der Waals surface area contributed by atoms with Crippen LogP contribution in [0.1, 0.15) is 49.9 Å². The van der Waals surface area contributed by atoms with Gasteiger partial charge in [0.2, 0.25) is 0 Å². The number of hydrogen-bond donors (Lipinski definition) is 0. The lowest BCUT2D eigenvalue weighted by atomic mass is 9.78. The minimum atomic E-state index is -0.0798. The van der Waals surface area contributed by atoms with Crippen LogP contribution >= 0.6 is 0 Å². The van der Waals surface area contributed by atoms with Crippen molar-refractivity contribution in [3.63, 3.8) is 0 Å². The molecule has 3 aliphatic carbocycles. The Labute approximate surface area is 375 Å². The molecule has 3 aliphatic rings. The maximum Gasteiger partial charge on any atom is 0.0468 e. The van der Waals surface area contributed by atoms with Crippen LogP contribution in [0.2, 0.25) is 0 Å². The van der Waals surface area contributed by atoms with Gasteiger partial charge in [-0.15, -0.1) is 0 Å². The number of nitrogens with zero attached hydrogens (tertiary/aromatic N) is 2. The van der Waals surface area contributed by atoms with Crippen LogP contribution in [0.3, 0.4) is 0 Å². The second kappa shape index (κ2) is 13.4. The molecule has 0 atom stereocenters. The molecule has 0 fully saturated rings. The third-order valence-corrected chi connectivity index (χ3v) is 14.7. The number of para-hydroxylation sites is 2. The summed E-state index contributed by atoms with van der Waals surface area (Å²) in [6.07, 6.45) is 0. The van der Waals surface area contributed by atoms with Gasteiger partial charge in [-0.2, -0.15) is 0 Å². The van der Waals surface area contributed by atoms with Gasteiger partial charge in [0.05, 0.1) is 0 Å². The van der Waals surface area contributed by atoms with Crippen molar-refractivity contribution in [2.45, 2.75) is 38.5 Å². The molecule has 0 spiro atoms. The van der Waals surface area contributed by atoms with E-state index in [9.17, 15) is 0 Å². The number of benzene rings is 10. The maximum atomic E-state index is 2.42. The van der Waals surface area contributed by atoms with Crippen LogP contribution in [-0.4, -0.2) is 0 Å². The van der Waals surface area contributed by atoms with Crippen molar-refractivity contribution in [3.8, 4) is 44.5 Å². The first-order valence-corrected chi connectivity index (χ1v) is 22.6. The Bertz CT molecular complexity index is 3310. The highest BCUT2D eigenvalue weighted by Crippen LogP contribution is 2.54. The molecule has 10 aromatic rings. The zero-order valence-electron chi connectivity index (χ0n) is 36.5. The molecule has 0 N–H and O–H groups in total. The molecule has 0 saturated heterocycles. The minimum Gasteiger partial charge on any atom is -0.310 e. The molecule has 2 heteroatoms. The third kappa shape index (κ3) is 5.32. The first-order valence-electron chi connectivity index (χ1n) is 22.6. The van der Waals surface area contributed by atoms with E-state index in [0.29, 0.717) is 0 Å². The lowest BCUT2D eigenvalue weighted by molar-refractivity contribution is 0.660. The first kappa shape index (κ1) is 36.9. The van der Waals surface area contributed by atoms with Crippen molar-refractivity contribution in [2.24, 2.45) is 0 Å². The van der Waals surface area contributed by atoms with Crippen LogP contribution in [0.15, 0.2) is 206 Å². The summed E-state index contributed by atoms with van der Waals surface area (Å²) in [6.45, 7) is 9.43. The van der Waals surface area contributed by atoms with E-state index in [0.717, 1.165) is 22.7 Å². The van der Waals surface area contributed by atoms with Crippen molar-refractivity contribution >= 4 is 55.7 Å². The Morgan fingerprint density at radius 2 is 0.562 bits per heavy atom. The van der Waals surface area contributed by atoms with Crippen LogP contribution in [-0.2, 0) is 10.8 Å². The molecule has 0 aliphatic heterocycles. The van der Waals surface area contributed by atoms with Crippen molar-refractivity contribution in [2.75, 3.05) is 9.80 Å². The van der Waals surface area contributed by atoms with E-state index >= 15 is 0 Å². The summed E-state index contributed by atoms with van der Waals surface area (Å²) in [5, 5.41) is 4.98. The lowest BCUT2D eigenvalue weighted by Gasteiger charge is -2.29. The first-order chi connectivity index (χ1) is 31.2. The molecule has 0 heterocycles. The Morgan fingerprint density at radius 1 is 0.234 bits per heavy atom. The highest BCUT2D eigenvalue weighted by molar-refractivity contribution is 6.12. The monoisotopic (exact) mass is 818 g/mol. The molecule has 10 aromatic carbocycles. The molecular weight excluding hydrogens is 773 g/mol. The van der Waals surface area contributed by atoms with E-state index in [2.05, 4.69) is 244 Å². The zero-order chi connectivity index (χ0) is 42.9. The molecular formula is C62H46N2. The van der Waals surface area contributed by atoms with Crippen LogP contribution in [0.5, 0.6) is 0 Å². The third-order valence-electron chi connectivity index (χ3n) is 14.7. The highest BCUT2D eigenvalue weighted by Gasteiger charge is 2.37. The van der Waals surface area contributed by atoms with E-state index in [1.54, 1.807) is 0 Å². The van der Waals surface area contributed by atoms with Crippen molar-refractivity contribution in [3.05, 3.63) is 229 Å². The molecule has 64 heavy (non-hydrogen) atoms. The van der Waals surface area contributed by atoms with Crippen molar-refractivity contribution in [1.82, 2.24) is 0 Å². The second-order valence-electron chi connectivity index (χ2n) is 19.0. The lowest BCUT2D eigenvalue weighted by Crippen LogP contribution is -2.16. The van der Waals surface area contributed by atoms with Crippen molar-refractivity contribution < 1.29 is 0 Å². The van der Waals surface area contributed by atoms with Crippen LogP contribution in [0, 0.1) is 0 Å². The topological polar surface area (TPSA) is 6.48 Å². The summed E-state index contributed by atoms with van der Waals surface area (Å²) in [4.78, 5) is 4.83. The summed E-state index contributed by atoms with van der Waals surface area (Å²) in [5.74, 6) is 0. The molecule has 2 nitrogen and oxygen atoms in total. The van der Waals surface area contributed by atoms with Gasteiger partial charge in [0.1, 0.15) is 0 Å². The van der Waals surface area contributed by atoms with Gasteiger partial charge in [0.25, 0.3) is 0 Å². The standard InChI is InChI=1S/C62H46N2/c1-61(2)57-21-13-11-19-49(57)51-29-27-47(37-59(51)61)63(43-15-7-5-8-16-43)45-25-23-39-33-53-55(35-41(39)31-45)54-34-40-24-26-46(32-42(40)36-56(53)54)64(44-17-9-6-10-18-44)48-28-30-52-50-20-12-14-22-58(50)62(3,4)60(52)38-48/h5-38H,1-4H3. The van der Waals surface area contributed by atoms with E-state index in [-0.39, 0.29) is 10.8 Å². The van der Waals surface area contributed by atoms with Gasteiger partial charge in [-0.1, -0.05) is 137 Å². The summed E-state index contributed by atoms with van der Waals surface area (Å²) in [6, 6.07) is 77.0. The Hall–Kier alpha value is -7.68. The molecule has 304 valence electrons. The molecule has 0 bridgehead atoms. The predicted octanol–water partition coefficient (Wildman–Crippen LogP) is 17.2. The van der Waals surface area contributed by atoms with E-state index in [4.69, 9.17) is 0 Å². The fourth-order valence-corrected chi connectivity index (χ4v) is 11.4. The fourth-order valence-electron chi connectivity index (χ4n) is 11.4. The smallest absolute Gasteiger partial charge is 0.0468 e. The van der Waals surface area contributed by atoms with Gasteiger partial charge in [0, 0.05) is 45.0 Å². The van der Waals surface area contributed by atoms with Crippen LogP contribution < -0.4 is 9.80 Å². The highest BCUT2D eigenvalue weighted by atomic mass is 15.1. The molecule has 0 aromatic heterocycles. The minimum absolute atomic E-state index is 0.0798. The predicted molar refractivity (Wildman–Crippen MR) is 270 cm³/mol. The van der Waals surface area contributed by atoms with Gasteiger partial charge < -0.3 is 9.80 Å². The number of fused-ring (bicyclic) bond motifs is 12. The zero-order valence-corrected chi connectivity index (χ0v) is 36.5. The Balaban J connectivity index is 0.873. The molecule has 13 rings (SSSR count). The maximum absolute atomic E-state index is 2.42. The second-order valence-corrected chi connectivity index (χ2v) is 19.0. The van der Waals surface area contributed by atoms with Gasteiger partial charge in [-0.3, -0.25) is 0 Å². The molecule has 0 saturated carbocycles. The van der Waals surface area contributed by atoms with Gasteiger partial charge in [0.15, 0.2) is 0 Å². The number of rotatable bonds is 6. The van der Waals surface area contributed by atoms with Crippen molar-refractivity contribution in [1.29, 1.82) is 0 Å². The quantitative estimate of drug-likeness (QED) is 0.165. The van der Waals surface area contributed by atoms with Crippen LogP contribution in [0.25, 0.3) is 66.1 Å². The average Bonchev–Trinajstić information content (AvgIpc) is 3.70. The average molecular weight is 819 g/mol. The Kier molecular flexibility index (Phi) is 7.74. The molecule has 0 amide bonds. The summed E-state index contributed by atoms with van der Waals surface area (Å²) < 4.78 is 0. The number of hydrogen-bond acceptors (Lipinski definition) is 2. The van der Waals surface area contributed by atoms with Crippen LogP contribution in [0.4, 0.5) is 34.1 Å². The molecule has 0 unspecified atom stereocenters. The van der Waals surface area contributed by atoms with Gasteiger partial charge >= 0.3 is 0 Å². The summed E-state index contributed by atoms with van der Waals surface area (Å²) in [7, 11) is 0. The fraction of sp³-hybridized carbons (Fsp3) is 0.0968. The molecule has 0 radical (unpaired) electrons. The largest absolute Gasteiger partial charge is 0.310 e.